The number of rotatable bonds is 5. The Morgan fingerprint density at radius 2 is 2.30 bits per heavy atom. The molecule has 4 nitrogen and oxygen atoms in total. The molecule has 0 fully saturated rings. The molecule has 0 aliphatic rings. The van der Waals surface area contributed by atoms with E-state index >= 15 is 0 Å². The summed E-state index contributed by atoms with van der Waals surface area (Å²) in [4.78, 5) is 3.96. The van der Waals surface area contributed by atoms with E-state index in [1.54, 1.807) is 30.3 Å². The summed E-state index contributed by atoms with van der Waals surface area (Å²) in [5.41, 5.74) is 1.55. The number of hydrogen-bond acceptors (Lipinski definition) is 4. The molecule has 2 rings (SSSR count). The number of halogens is 1. The molecule has 1 heterocycles. The van der Waals surface area contributed by atoms with Crippen molar-refractivity contribution in [2.45, 2.75) is 5.75 Å². The molecule has 20 heavy (non-hydrogen) atoms. The van der Waals surface area contributed by atoms with Crippen LogP contribution in [-0.4, -0.2) is 16.6 Å². The Bertz CT molecular complexity index is 643. The molecule has 0 aliphatic heterocycles. The molecule has 0 unspecified atom stereocenters. The minimum absolute atomic E-state index is 0.516. The average Bonchev–Trinajstić information content (AvgIpc) is 2.99. The van der Waals surface area contributed by atoms with Crippen molar-refractivity contribution in [3.63, 3.8) is 0 Å². The van der Waals surface area contributed by atoms with Crippen molar-refractivity contribution in [2.24, 2.45) is 0 Å². The topological polar surface area (TPSA) is 53.6 Å². The molecule has 0 bridgehead atoms. The molecule has 0 atom stereocenters. The van der Waals surface area contributed by atoms with Gasteiger partial charge in [-0.2, -0.15) is 5.26 Å². The third-order valence-corrected chi connectivity index (χ3v) is 4.15. The fourth-order valence-corrected chi connectivity index (χ4v) is 2.91. The van der Waals surface area contributed by atoms with Crippen LogP contribution in [0.5, 0.6) is 0 Å². The molecule has 1 N–H and O–H groups in total. The largest absolute Gasteiger partial charge is 0.381 e. The predicted molar refractivity (Wildman–Crippen MR) is 82.9 cm³/mol. The fourth-order valence-electron chi connectivity index (χ4n) is 1.64. The average molecular weight is 305 g/mol. The van der Waals surface area contributed by atoms with Crippen LogP contribution in [-0.2, 0) is 5.75 Å². The lowest BCUT2D eigenvalue weighted by Crippen LogP contribution is -2.08. The summed E-state index contributed by atoms with van der Waals surface area (Å²) in [6, 6.07) is 9.88. The molecule has 0 saturated heterocycles. The van der Waals surface area contributed by atoms with E-state index in [4.69, 9.17) is 11.6 Å². The lowest BCUT2D eigenvalue weighted by Gasteiger charge is -2.10. The molecule has 0 radical (unpaired) electrons. The summed E-state index contributed by atoms with van der Waals surface area (Å²) in [6.45, 7) is 0. The number of aromatic nitrogens is 2. The molecule has 0 amide bonds. The van der Waals surface area contributed by atoms with E-state index in [0.717, 1.165) is 15.6 Å². The smallest absolute Gasteiger partial charge is 0.155 e. The zero-order valence-corrected chi connectivity index (χ0v) is 12.4. The number of imidazole rings is 1. The monoisotopic (exact) mass is 304 g/mol. The van der Waals surface area contributed by atoms with Gasteiger partial charge < -0.3 is 5.32 Å². The maximum Gasteiger partial charge on any atom is 0.155 e. The van der Waals surface area contributed by atoms with E-state index in [-0.39, 0.29) is 0 Å². The van der Waals surface area contributed by atoms with Crippen LogP contribution in [0.3, 0.4) is 0 Å². The van der Waals surface area contributed by atoms with Crippen molar-refractivity contribution in [2.75, 3.05) is 7.05 Å². The molecular weight excluding hydrogens is 292 g/mol. The molecule has 0 aliphatic carbocycles. The van der Waals surface area contributed by atoms with Crippen LogP contribution in [0.1, 0.15) is 5.56 Å². The number of benzene rings is 1. The van der Waals surface area contributed by atoms with Crippen LogP contribution in [0.15, 0.2) is 48.0 Å². The second-order valence-corrected chi connectivity index (χ2v) is 5.28. The summed E-state index contributed by atoms with van der Waals surface area (Å²) in [5.74, 6) is 0.690. The van der Waals surface area contributed by atoms with Crippen LogP contribution in [0.4, 0.5) is 0 Å². The van der Waals surface area contributed by atoms with Gasteiger partial charge >= 0.3 is 0 Å². The number of allylic oxidation sites excluding steroid dienone is 1. The Morgan fingerprint density at radius 3 is 2.90 bits per heavy atom. The molecule has 0 spiro atoms. The summed E-state index contributed by atoms with van der Waals surface area (Å²) in [5, 5.41) is 13.9. The highest BCUT2D eigenvalue weighted by Gasteiger charge is 2.09. The van der Waals surface area contributed by atoms with E-state index in [1.807, 2.05) is 24.3 Å². The van der Waals surface area contributed by atoms with E-state index in [1.165, 1.54) is 11.8 Å². The van der Waals surface area contributed by atoms with Crippen LogP contribution >= 0.6 is 23.4 Å². The number of nitrogens with zero attached hydrogens (tertiary/aromatic N) is 3. The SMILES string of the molecule is CNC(SCc1ccccc1Cl)=C(C#N)n1ccnc1. The molecule has 2 aromatic rings. The molecular formula is C14H13ClN4S. The summed E-state index contributed by atoms with van der Waals surface area (Å²) in [7, 11) is 1.79. The van der Waals surface area contributed by atoms with E-state index in [2.05, 4.69) is 16.4 Å². The zero-order valence-electron chi connectivity index (χ0n) is 10.9. The molecule has 1 aromatic heterocycles. The number of hydrogen-bond donors (Lipinski definition) is 1. The maximum atomic E-state index is 9.32. The molecule has 0 saturated carbocycles. The highest BCUT2D eigenvalue weighted by molar-refractivity contribution is 8.02. The number of thioether (sulfide) groups is 1. The van der Waals surface area contributed by atoms with Gasteiger partial charge in [0, 0.05) is 30.2 Å². The van der Waals surface area contributed by atoms with Gasteiger partial charge in [-0.1, -0.05) is 29.8 Å². The molecule has 102 valence electrons. The predicted octanol–water partition coefficient (Wildman–Crippen LogP) is 3.34. The molecule has 6 heteroatoms. The quantitative estimate of drug-likeness (QED) is 0.861. The van der Waals surface area contributed by atoms with Gasteiger partial charge in [0.1, 0.15) is 11.1 Å². The number of nitrogens with one attached hydrogen (secondary N) is 1. The third kappa shape index (κ3) is 3.35. The van der Waals surface area contributed by atoms with E-state index in [0.29, 0.717) is 11.4 Å². The normalized spacial score (nSPS) is 11.7. The summed E-state index contributed by atoms with van der Waals surface area (Å²) in [6.07, 6.45) is 4.99. The Balaban J connectivity index is 2.21. The van der Waals surface area contributed by atoms with Gasteiger partial charge in [0.15, 0.2) is 5.70 Å². The van der Waals surface area contributed by atoms with Crippen molar-refractivity contribution >= 4 is 29.1 Å². The minimum atomic E-state index is 0.516. The highest BCUT2D eigenvalue weighted by atomic mass is 35.5. The lowest BCUT2D eigenvalue weighted by molar-refractivity contribution is 1.03. The number of nitriles is 1. The van der Waals surface area contributed by atoms with E-state index in [9.17, 15) is 5.26 Å². The van der Waals surface area contributed by atoms with Gasteiger partial charge in [-0.15, -0.1) is 11.8 Å². The Labute approximate surface area is 127 Å². The van der Waals surface area contributed by atoms with Crippen LogP contribution in [0.2, 0.25) is 5.02 Å². The zero-order chi connectivity index (χ0) is 14.4. The standard InChI is InChI=1S/C14H13ClN4S/c1-17-14(13(8-16)19-7-6-18-10-19)20-9-11-4-2-3-5-12(11)15/h2-7,10,17H,9H2,1H3. The van der Waals surface area contributed by atoms with Crippen molar-refractivity contribution < 1.29 is 0 Å². The third-order valence-electron chi connectivity index (χ3n) is 2.64. The van der Waals surface area contributed by atoms with Gasteiger partial charge in [0.05, 0.1) is 6.33 Å². The first kappa shape index (κ1) is 14.5. The van der Waals surface area contributed by atoms with Crippen molar-refractivity contribution in [1.29, 1.82) is 5.26 Å². The second-order valence-electron chi connectivity index (χ2n) is 3.89. The van der Waals surface area contributed by atoms with Gasteiger partial charge in [-0.05, 0) is 11.6 Å². The van der Waals surface area contributed by atoms with Crippen molar-refractivity contribution in [3.05, 3.63) is 58.6 Å². The van der Waals surface area contributed by atoms with Gasteiger partial charge in [-0.3, -0.25) is 4.57 Å². The first-order valence-corrected chi connectivity index (χ1v) is 7.29. The van der Waals surface area contributed by atoms with Gasteiger partial charge in [-0.25, -0.2) is 4.98 Å². The van der Waals surface area contributed by atoms with Crippen LogP contribution in [0, 0.1) is 11.3 Å². The minimum Gasteiger partial charge on any atom is -0.381 e. The first-order valence-electron chi connectivity index (χ1n) is 5.93. The summed E-state index contributed by atoms with van der Waals surface area (Å²) >= 11 is 7.67. The second kappa shape index (κ2) is 7.04. The maximum absolute atomic E-state index is 9.32. The Kier molecular flexibility index (Phi) is 5.10. The fraction of sp³-hybridized carbons (Fsp3) is 0.143. The van der Waals surface area contributed by atoms with Crippen LogP contribution < -0.4 is 5.32 Å². The Morgan fingerprint density at radius 1 is 1.50 bits per heavy atom. The Hall–Kier alpha value is -1.90. The van der Waals surface area contributed by atoms with E-state index < -0.39 is 0 Å². The van der Waals surface area contributed by atoms with Crippen LogP contribution in [0.25, 0.3) is 5.70 Å². The molecule has 1 aromatic carbocycles. The summed E-state index contributed by atoms with van der Waals surface area (Å²) < 4.78 is 1.69. The van der Waals surface area contributed by atoms with Gasteiger partial charge in [0.25, 0.3) is 0 Å². The highest BCUT2D eigenvalue weighted by Crippen LogP contribution is 2.27. The first-order chi connectivity index (χ1) is 9.76. The van der Waals surface area contributed by atoms with Gasteiger partial charge in [0.2, 0.25) is 0 Å². The van der Waals surface area contributed by atoms with Crippen molar-refractivity contribution in [1.82, 2.24) is 14.9 Å². The van der Waals surface area contributed by atoms with Crippen molar-refractivity contribution in [3.8, 4) is 6.07 Å². The lowest BCUT2D eigenvalue weighted by atomic mass is 10.2.